The summed E-state index contributed by atoms with van der Waals surface area (Å²) in [5.41, 5.74) is -1.40. The summed E-state index contributed by atoms with van der Waals surface area (Å²) in [7, 11) is -4.35. The van der Waals surface area contributed by atoms with Crippen LogP contribution in [0.4, 0.5) is 4.39 Å². The fourth-order valence-electron chi connectivity index (χ4n) is 3.78. The maximum atomic E-state index is 13.9. The third-order valence-corrected chi connectivity index (χ3v) is 7.46. The van der Waals surface area contributed by atoms with Gasteiger partial charge < -0.3 is 19.1 Å². The predicted octanol–water partition coefficient (Wildman–Crippen LogP) is 3.68. The average Bonchev–Trinajstić information content (AvgIpc) is 3.31. The molecular formula is C26H27FN3O9P. The summed E-state index contributed by atoms with van der Waals surface area (Å²) in [6, 6.07) is 15.9. The van der Waals surface area contributed by atoms with Crippen LogP contribution in [0.5, 0.6) is 5.75 Å². The Balaban J connectivity index is 1.49. The van der Waals surface area contributed by atoms with Crippen molar-refractivity contribution in [3.63, 3.8) is 0 Å². The molecule has 4 atom stereocenters. The number of nitrogens with zero attached hydrogens (tertiary/aromatic N) is 1. The Labute approximate surface area is 227 Å². The Morgan fingerprint density at radius 2 is 1.82 bits per heavy atom. The minimum Gasteiger partial charge on any atom is -0.508 e. The van der Waals surface area contributed by atoms with Crippen LogP contribution < -0.4 is 20.9 Å². The molecule has 3 N–H and O–H groups in total. The van der Waals surface area contributed by atoms with Crippen LogP contribution in [0.25, 0.3) is 0 Å². The number of aromatic amines is 1. The van der Waals surface area contributed by atoms with E-state index in [1.807, 2.05) is 11.1 Å². The van der Waals surface area contributed by atoms with E-state index in [2.05, 4.69) is 5.09 Å². The number of esters is 1. The molecule has 0 saturated heterocycles. The molecule has 0 aliphatic carbocycles. The van der Waals surface area contributed by atoms with Crippen LogP contribution in [0.2, 0.25) is 0 Å². The number of halogens is 1. The van der Waals surface area contributed by atoms with E-state index in [-0.39, 0.29) is 30.3 Å². The van der Waals surface area contributed by atoms with Crippen molar-refractivity contribution in [3.05, 3.63) is 111 Å². The monoisotopic (exact) mass is 575 g/mol. The van der Waals surface area contributed by atoms with E-state index < -0.39 is 49.2 Å². The molecule has 14 heteroatoms. The number of hydrogen-bond donors (Lipinski definition) is 3. The van der Waals surface area contributed by atoms with Crippen LogP contribution in [0.1, 0.15) is 32.1 Å². The van der Waals surface area contributed by atoms with Crippen LogP contribution in [-0.2, 0) is 30.0 Å². The molecule has 212 valence electrons. The van der Waals surface area contributed by atoms with Gasteiger partial charge in [0.15, 0.2) is 12.0 Å². The minimum absolute atomic E-state index is 0.00645. The zero-order chi connectivity index (χ0) is 28.9. The zero-order valence-corrected chi connectivity index (χ0v) is 22.4. The Morgan fingerprint density at radius 3 is 2.50 bits per heavy atom. The average molecular weight is 575 g/mol. The van der Waals surface area contributed by atoms with Gasteiger partial charge in [-0.1, -0.05) is 48.5 Å². The van der Waals surface area contributed by atoms with Crippen molar-refractivity contribution in [1.82, 2.24) is 14.6 Å². The third-order valence-electron chi connectivity index (χ3n) is 5.71. The molecule has 1 aliphatic rings. The van der Waals surface area contributed by atoms with Crippen molar-refractivity contribution in [2.45, 2.75) is 45.2 Å². The van der Waals surface area contributed by atoms with Gasteiger partial charge in [0.2, 0.25) is 5.82 Å². The van der Waals surface area contributed by atoms with Crippen molar-refractivity contribution in [2.75, 3.05) is 0 Å². The highest BCUT2D eigenvalue weighted by Crippen LogP contribution is 2.48. The van der Waals surface area contributed by atoms with Crippen LogP contribution in [-0.4, -0.2) is 32.8 Å². The fourth-order valence-corrected chi connectivity index (χ4v) is 5.43. The lowest BCUT2D eigenvalue weighted by atomic mass is 10.2. The van der Waals surface area contributed by atoms with Gasteiger partial charge in [0.1, 0.15) is 30.3 Å². The molecule has 0 spiro atoms. The Morgan fingerprint density at radius 1 is 1.18 bits per heavy atom. The first kappa shape index (κ1) is 28.8. The second kappa shape index (κ2) is 12.3. The molecule has 12 nitrogen and oxygen atoms in total. The molecule has 3 aromatic rings. The maximum Gasteiger partial charge on any atom is 0.460 e. The van der Waals surface area contributed by atoms with E-state index in [0.29, 0.717) is 6.20 Å². The summed E-state index contributed by atoms with van der Waals surface area (Å²) in [5.74, 6) is -2.36. The van der Waals surface area contributed by atoms with Crippen molar-refractivity contribution >= 4 is 13.7 Å². The summed E-state index contributed by atoms with van der Waals surface area (Å²) in [4.78, 5) is 37.9. The van der Waals surface area contributed by atoms with Gasteiger partial charge in [-0.25, -0.2) is 9.36 Å². The number of H-pyrrole nitrogens is 1. The van der Waals surface area contributed by atoms with Gasteiger partial charge in [0.05, 0.1) is 12.6 Å². The van der Waals surface area contributed by atoms with E-state index in [1.54, 1.807) is 42.5 Å². The smallest absolute Gasteiger partial charge is 0.460 e. The largest absolute Gasteiger partial charge is 0.508 e. The fraction of sp³-hybridized carbons (Fsp3) is 0.269. The standard InChI is InChI=1S/C26H27FN3O9P/c1-16(25(33)36-15-18-9-5-3-6-10-18)29-40(35,39-19-11-7-4-8-12-19)38-17(2)23-21(31)13-22(37-23)30-14-20(27)24(32)28-26(30)34/h3-12,14,16-17,22,31H,13,15H2,1-2H3,(H,29,35)(H,28,32,34)/t16-,17+,22+,40+/m0/s1. The molecule has 1 aliphatic heterocycles. The van der Waals surface area contributed by atoms with Crippen molar-refractivity contribution in [1.29, 1.82) is 0 Å². The predicted molar refractivity (Wildman–Crippen MR) is 140 cm³/mol. The number of rotatable bonds is 11. The summed E-state index contributed by atoms with van der Waals surface area (Å²) in [6.45, 7) is 2.80. The highest BCUT2D eigenvalue weighted by molar-refractivity contribution is 7.52. The van der Waals surface area contributed by atoms with Crippen LogP contribution in [0.3, 0.4) is 0 Å². The van der Waals surface area contributed by atoms with Crippen LogP contribution in [0.15, 0.2) is 88.0 Å². The van der Waals surface area contributed by atoms with E-state index in [0.717, 1.165) is 10.1 Å². The van der Waals surface area contributed by atoms with Gasteiger partial charge in [-0.05, 0) is 31.5 Å². The van der Waals surface area contributed by atoms with Gasteiger partial charge in [-0.2, -0.15) is 9.48 Å². The quantitative estimate of drug-likeness (QED) is 0.228. The molecule has 0 radical (unpaired) electrons. The molecule has 0 unspecified atom stereocenters. The lowest BCUT2D eigenvalue weighted by molar-refractivity contribution is -0.146. The van der Waals surface area contributed by atoms with Gasteiger partial charge in [0, 0.05) is 0 Å². The number of benzene rings is 2. The molecule has 0 amide bonds. The molecule has 2 heterocycles. The summed E-state index contributed by atoms with van der Waals surface area (Å²) < 4.78 is 50.6. The Kier molecular flexibility index (Phi) is 8.88. The molecular weight excluding hydrogens is 548 g/mol. The number of hydrogen-bond acceptors (Lipinski definition) is 9. The molecule has 0 bridgehead atoms. The first-order chi connectivity index (χ1) is 19.0. The molecule has 2 aromatic carbocycles. The zero-order valence-electron chi connectivity index (χ0n) is 21.5. The van der Waals surface area contributed by atoms with E-state index >= 15 is 0 Å². The van der Waals surface area contributed by atoms with E-state index in [1.165, 1.54) is 26.0 Å². The van der Waals surface area contributed by atoms with Gasteiger partial charge in [0.25, 0.3) is 5.56 Å². The minimum atomic E-state index is -4.35. The van der Waals surface area contributed by atoms with E-state index in [9.17, 15) is 28.4 Å². The molecule has 4 rings (SSSR count). The number of nitrogens with one attached hydrogen (secondary N) is 2. The normalized spacial score (nSPS) is 17.9. The number of aliphatic hydroxyl groups excluding tert-OH is 1. The lowest BCUT2D eigenvalue weighted by Crippen LogP contribution is -2.36. The first-order valence-corrected chi connectivity index (χ1v) is 13.7. The number of aliphatic hydroxyl groups is 1. The highest BCUT2D eigenvalue weighted by atomic mass is 31.2. The SMILES string of the molecule is C[C@H](N[P@](=O)(Oc1ccccc1)O[C@H](C)C1=C(O)C[C@H](n2cc(F)c(=O)[nH]c2=O)O1)C(=O)OCc1ccccc1. The highest BCUT2D eigenvalue weighted by Gasteiger charge is 2.39. The maximum absolute atomic E-state index is 13.9. The van der Waals surface area contributed by atoms with E-state index in [4.69, 9.17) is 18.5 Å². The van der Waals surface area contributed by atoms with Gasteiger partial charge in [-0.15, -0.1) is 0 Å². The summed E-state index contributed by atoms with van der Waals surface area (Å²) in [6.07, 6.45) is -2.06. The topological polar surface area (TPSA) is 158 Å². The number of aromatic nitrogens is 2. The molecule has 0 saturated carbocycles. The molecule has 0 fully saturated rings. The second-order valence-electron chi connectivity index (χ2n) is 8.82. The van der Waals surface area contributed by atoms with Crippen molar-refractivity contribution in [3.8, 4) is 5.75 Å². The van der Waals surface area contributed by atoms with Crippen molar-refractivity contribution < 1.29 is 37.4 Å². The number of para-hydroxylation sites is 1. The lowest BCUT2D eigenvalue weighted by Gasteiger charge is -2.26. The number of carbonyl (C=O) groups is 1. The molecule has 40 heavy (non-hydrogen) atoms. The summed E-state index contributed by atoms with van der Waals surface area (Å²) >= 11 is 0. The van der Waals surface area contributed by atoms with Crippen molar-refractivity contribution in [2.24, 2.45) is 0 Å². The van der Waals surface area contributed by atoms with Crippen LogP contribution >= 0.6 is 7.75 Å². The Hall–Kier alpha value is -4.19. The third kappa shape index (κ3) is 7.06. The summed E-state index contributed by atoms with van der Waals surface area (Å²) in [5, 5.41) is 13.1. The molecule has 1 aromatic heterocycles. The van der Waals surface area contributed by atoms with Gasteiger partial charge in [-0.3, -0.25) is 23.7 Å². The van der Waals surface area contributed by atoms with Crippen LogP contribution in [0, 0.1) is 5.82 Å². The number of carbonyl (C=O) groups excluding carboxylic acids is 1. The second-order valence-corrected chi connectivity index (χ2v) is 10.5. The van der Waals surface area contributed by atoms with Gasteiger partial charge >= 0.3 is 19.4 Å². The first-order valence-electron chi connectivity index (χ1n) is 12.2. The Bertz CT molecular complexity index is 1540. The number of ether oxygens (including phenoxy) is 2.